The normalized spacial score (nSPS) is 28.2. The van der Waals surface area contributed by atoms with Crippen molar-refractivity contribution in [3.05, 3.63) is 59.2 Å². The molecule has 0 radical (unpaired) electrons. The number of carbonyl (C=O) groups excluding carboxylic acids is 3. The Balaban J connectivity index is 1.18. The van der Waals surface area contributed by atoms with Crippen molar-refractivity contribution in [2.45, 2.75) is 69.4 Å². The topological polar surface area (TPSA) is 98.5 Å². The molecule has 6 heteroatoms. The van der Waals surface area contributed by atoms with E-state index in [9.17, 15) is 14.4 Å². The summed E-state index contributed by atoms with van der Waals surface area (Å²) in [6, 6.07) is 13.0. The van der Waals surface area contributed by atoms with Crippen LogP contribution in [0.5, 0.6) is 0 Å². The van der Waals surface area contributed by atoms with E-state index in [1.165, 1.54) is 30.4 Å². The molecule has 0 aromatic heterocycles. The number of primary amides is 1. The van der Waals surface area contributed by atoms with Gasteiger partial charge < -0.3 is 15.8 Å². The zero-order valence-electron chi connectivity index (χ0n) is 19.9. The van der Waals surface area contributed by atoms with Gasteiger partial charge in [-0.1, -0.05) is 30.3 Å². The lowest BCUT2D eigenvalue weighted by atomic mass is 9.54. The van der Waals surface area contributed by atoms with Crippen LogP contribution >= 0.6 is 0 Å². The van der Waals surface area contributed by atoms with Crippen molar-refractivity contribution in [1.29, 1.82) is 0 Å². The van der Waals surface area contributed by atoms with E-state index >= 15 is 0 Å². The fourth-order valence-corrected chi connectivity index (χ4v) is 7.50. The average Bonchev–Trinajstić information content (AvgIpc) is 3.18. The molecule has 2 aromatic rings. The Morgan fingerprint density at radius 3 is 2.29 bits per heavy atom. The van der Waals surface area contributed by atoms with E-state index < -0.39 is 23.5 Å². The Morgan fingerprint density at radius 2 is 1.60 bits per heavy atom. The quantitative estimate of drug-likeness (QED) is 0.505. The van der Waals surface area contributed by atoms with Crippen LogP contribution in [0.2, 0.25) is 0 Å². The molecule has 2 aromatic carbocycles. The summed E-state index contributed by atoms with van der Waals surface area (Å²) in [6.45, 7) is 0. The Labute approximate surface area is 205 Å². The van der Waals surface area contributed by atoms with Gasteiger partial charge >= 0.3 is 5.97 Å². The first kappa shape index (κ1) is 22.3. The molecule has 0 saturated heterocycles. The molecule has 182 valence electrons. The van der Waals surface area contributed by atoms with Crippen LogP contribution in [-0.4, -0.2) is 29.4 Å². The van der Waals surface area contributed by atoms with Gasteiger partial charge in [-0.3, -0.25) is 9.59 Å². The molecule has 35 heavy (non-hydrogen) atoms. The van der Waals surface area contributed by atoms with Crippen LogP contribution in [0.15, 0.2) is 42.5 Å². The van der Waals surface area contributed by atoms with E-state index in [0.29, 0.717) is 23.3 Å². The molecule has 4 fully saturated rings. The minimum atomic E-state index is -0.895. The Morgan fingerprint density at radius 1 is 0.943 bits per heavy atom. The van der Waals surface area contributed by atoms with E-state index in [0.717, 1.165) is 36.8 Å². The van der Waals surface area contributed by atoms with E-state index in [4.69, 9.17) is 10.5 Å². The number of amides is 2. The third kappa shape index (κ3) is 4.24. The maximum absolute atomic E-state index is 13.4. The molecule has 0 spiro atoms. The van der Waals surface area contributed by atoms with Gasteiger partial charge in [0.15, 0.2) is 0 Å². The summed E-state index contributed by atoms with van der Waals surface area (Å²) in [5.41, 5.74) is 10.2. The molecular formula is C29H32N2O4. The van der Waals surface area contributed by atoms with Crippen LogP contribution in [0.25, 0.3) is 11.1 Å². The lowest BCUT2D eigenvalue weighted by Crippen LogP contribution is -2.55. The molecular weight excluding hydrogens is 440 g/mol. The third-order valence-electron chi connectivity index (χ3n) is 8.62. The number of rotatable bonds is 7. The Hall–Kier alpha value is -3.15. The van der Waals surface area contributed by atoms with Crippen molar-refractivity contribution < 1.29 is 19.1 Å². The van der Waals surface area contributed by atoms with Crippen molar-refractivity contribution in [1.82, 2.24) is 5.32 Å². The summed E-state index contributed by atoms with van der Waals surface area (Å²) >= 11 is 0. The van der Waals surface area contributed by atoms with Gasteiger partial charge in [-0.2, -0.15) is 0 Å². The van der Waals surface area contributed by atoms with Gasteiger partial charge in [-0.25, -0.2) is 4.79 Å². The number of hydrogen-bond donors (Lipinski definition) is 2. The second kappa shape index (κ2) is 8.51. The first-order valence-electron chi connectivity index (χ1n) is 12.9. The standard InChI is InChI=1S/C29H32N2O4/c30-26(32)8-7-25(28(34)35-29-14-17-9-18(15-29)11-19(10-17)16-29)31-27(33)21-5-6-24-22(13-21)12-20-3-1-2-4-23(20)24/h1-6,13,17-19,25H,7-12,14-16H2,(H2,30,32)(H,31,33)/t17?,18?,19?,25-,29?/m0/s1. The molecule has 5 aliphatic rings. The van der Waals surface area contributed by atoms with Crippen LogP contribution in [-0.2, 0) is 20.7 Å². The number of ether oxygens (including phenoxy) is 1. The van der Waals surface area contributed by atoms with Crippen LogP contribution in [0.3, 0.4) is 0 Å². The number of nitrogens with two attached hydrogens (primary N) is 1. The maximum Gasteiger partial charge on any atom is 0.329 e. The first-order chi connectivity index (χ1) is 16.9. The van der Waals surface area contributed by atoms with E-state index in [-0.39, 0.29) is 18.7 Å². The van der Waals surface area contributed by atoms with Crippen molar-refractivity contribution in [2.75, 3.05) is 0 Å². The fraction of sp³-hybridized carbons (Fsp3) is 0.483. The van der Waals surface area contributed by atoms with Gasteiger partial charge in [-0.15, -0.1) is 0 Å². The molecule has 0 heterocycles. The van der Waals surface area contributed by atoms with E-state index in [1.807, 2.05) is 24.3 Å². The summed E-state index contributed by atoms with van der Waals surface area (Å²) in [5, 5.41) is 2.86. The molecule has 6 nitrogen and oxygen atoms in total. The summed E-state index contributed by atoms with van der Waals surface area (Å²) in [7, 11) is 0. The minimum Gasteiger partial charge on any atom is -0.458 e. The van der Waals surface area contributed by atoms with Crippen LogP contribution in [0, 0.1) is 17.8 Å². The summed E-state index contributed by atoms with van der Waals surface area (Å²) in [5.74, 6) is 0.660. The van der Waals surface area contributed by atoms with Gasteiger partial charge in [-0.05, 0) is 104 Å². The number of hydrogen-bond acceptors (Lipinski definition) is 4. The molecule has 2 amide bonds. The summed E-state index contributed by atoms with van der Waals surface area (Å²) in [6.07, 6.45) is 7.46. The van der Waals surface area contributed by atoms with Gasteiger partial charge in [0, 0.05) is 12.0 Å². The minimum absolute atomic E-state index is 0.0143. The second-order valence-corrected chi connectivity index (χ2v) is 11.3. The monoisotopic (exact) mass is 472 g/mol. The number of benzene rings is 2. The molecule has 5 aliphatic carbocycles. The first-order valence-corrected chi connectivity index (χ1v) is 12.9. The Bertz CT molecular complexity index is 1170. The molecule has 1 atom stereocenters. The number of esters is 1. The van der Waals surface area contributed by atoms with Crippen molar-refractivity contribution in [3.63, 3.8) is 0 Å². The predicted octanol–water partition coefficient (Wildman–Crippen LogP) is 4.13. The molecule has 4 bridgehead atoms. The number of carbonyl (C=O) groups is 3. The van der Waals surface area contributed by atoms with Gasteiger partial charge in [0.2, 0.25) is 5.91 Å². The van der Waals surface area contributed by atoms with Gasteiger partial charge in [0.05, 0.1) is 0 Å². The highest BCUT2D eigenvalue weighted by molar-refractivity contribution is 5.98. The lowest BCUT2D eigenvalue weighted by Gasteiger charge is -2.55. The van der Waals surface area contributed by atoms with E-state index in [1.54, 1.807) is 6.07 Å². The molecule has 4 saturated carbocycles. The van der Waals surface area contributed by atoms with Gasteiger partial charge in [0.1, 0.15) is 11.6 Å². The van der Waals surface area contributed by atoms with Crippen LogP contribution in [0.1, 0.15) is 72.9 Å². The van der Waals surface area contributed by atoms with Crippen molar-refractivity contribution in [3.8, 4) is 11.1 Å². The molecule has 0 unspecified atom stereocenters. The third-order valence-corrected chi connectivity index (χ3v) is 8.62. The fourth-order valence-electron chi connectivity index (χ4n) is 7.50. The maximum atomic E-state index is 13.4. The molecule has 3 N–H and O–H groups in total. The zero-order chi connectivity index (χ0) is 24.2. The van der Waals surface area contributed by atoms with E-state index in [2.05, 4.69) is 17.4 Å². The number of nitrogens with one attached hydrogen (secondary N) is 1. The average molecular weight is 473 g/mol. The molecule has 0 aliphatic heterocycles. The zero-order valence-corrected chi connectivity index (χ0v) is 19.9. The smallest absolute Gasteiger partial charge is 0.329 e. The Kier molecular flexibility index (Phi) is 5.42. The van der Waals surface area contributed by atoms with Crippen LogP contribution in [0.4, 0.5) is 0 Å². The second-order valence-electron chi connectivity index (χ2n) is 11.3. The number of fused-ring (bicyclic) bond motifs is 3. The lowest BCUT2D eigenvalue weighted by molar-refractivity contribution is -0.188. The van der Waals surface area contributed by atoms with Gasteiger partial charge in [0.25, 0.3) is 5.91 Å². The largest absolute Gasteiger partial charge is 0.458 e. The van der Waals surface area contributed by atoms with Crippen LogP contribution < -0.4 is 11.1 Å². The summed E-state index contributed by atoms with van der Waals surface area (Å²) in [4.78, 5) is 38.0. The predicted molar refractivity (Wildman–Crippen MR) is 131 cm³/mol. The molecule has 7 rings (SSSR count). The van der Waals surface area contributed by atoms with Crippen molar-refractivity contribution in [2.24, 2.45) is 23.5 Å². The SMILES string of the molecule is NC(=O)CC[C@H](NC(=O)c1ccc2c(c1)Cc1ccccc1-2)C(=O)OC12CC3CC(CC(C3)C1)C2. The highest BCUT2D eigenvalue weighted by atomic mass is 16.6. The van der Waals surface area contributed by atoms with Crippen molar-refractivity contribution >= 4 is 17.8 Å². The highest BCUT2D eigenvalue weighted by Gasteiger charge is 2.53. The highest BCUT2D eigenvalue weighted by Crippen LogP contribution is 2.57. The summed E-state index contributed by atoms with van der Waals surface area (Å²) < 4.78 is 6.19.